The number of anilines is 1. The van der Waals surface area contributed by atoms with E-state index >= 15 is 0 Å². The number of benzene rings is 1. The monoisotopic (exact) mass is 287 g/mol. The van der Waals surface area contributed by atoms with Gasteiger partial charge in [-0.1, -0.05) is 26.2 Å². The van der Waals surface area contributed by atoms with Gasteiger partial charge in [0.05, 0.1) is 16.6 Å². The van der Waals surface area contributed by atoms with E-state index in [1.807, 2.05) is 6.07 Å². The van der Waals surface area contributed by atoms with E-state index in [0.29, 0.717) is 11.3 Å². The van der Waals surface area contributed by atoms with Gasteiger partial charge in [0, 0.05) is 12.1 Å². The molecule has 0 aliphatic heterocycles. The third kappa shape index (κ3) is 3.94. The Morgan fingerprint density at radius 1 is 1.38 bits per heavy atom. The topological polar surface area (TPSA) is 79.0 Å². The lowest BCUT2D eigenvalue weighted by molar-refractivity contribution is -0.384. The normalized spacial score (nSPS) is 22.1. The summed E-state index contributed by atoms with van der Waals surface area (Å²) in [7, 11) is 0. The number of hydrogen-bond donors (Lipinski definition) is 1. The predicted molar refractivity (Wildman–Crippen MR) is 82.1 cm³/mol. The average molecular weight is 287 g/mol. The molecule has 5 heteroatoms. The molecule has 21 heavy (non-hydrogen) atoms. The smallest absolute Gasteiger partial charge is 0.293 e. The second-order valence-corrected chi connectivity index (χ2v) is 5.72. The second kappa shape index (κ2) is 7.07. The Morgan fingerprint density at radius 2 is 2.19 bits per heavy atom. The van der Waals surface area contributed by atoms with Crippen LogP contribution in [0, 0.1) is 27.4 Å². The number of hydrogen-bond acceptors (Lipinski definition) is 4. The molecule has 1 aromatic carbocycles. The lowest BCUT2D eigenvalue weighted by Crippen LogP contribution is -2.19. The van der Waals surface area contributed by atoms with Crippen LogP contribution in [-0.4, -0.2) is 11.0 Å². The van der Waals surface area contributed by atoms with E-state index in [2.05, 4.69) is 12.2 Å². The fourth-order valence-electron chi connectivity index (χ4n) is 3.03. The molecule has 0 amide bonds. The highest BCUT2D eigenvalue weighted by Gasteiger charge is 2.21. The molecule has 0 saturated heterocycles. The summed E-state index contributed by atoms with van der Waals surface area (Å²) in [6.07, 6.45) is 6.91. The summed E-state index contributed by atoms with van der Waals surface area (Å²) >= 11 is 0. The molecule has 2 rings (SSSR count). The Hall–Kier alpha value is -2.09. The second-order valence-electron chi connectivity index (χ2n) is 5.72. The van der Waals surface area contributed by atoms with Gasteiger partial charge < -0.3 is 5.32 Å². The lowest BCUT2D eigenvalue weighted by atomic mass is 9.98. The number of nitrogens with one attached hydrogen (secondary N) is 1. The van der Waals surface area contributed by atoms with Crippen molar-refractivity contribution < 1.29 is 4.92 Å². The van der Waals surface area contributed by atoms with Crippen LogP contribution in [0.5, 0.6) is 0 Å². The van der Waals surface area contributed by atoms with Gasteiger partial charge in [-0.2, -0.15) is 5.26 Å². The third-order valence-electron chi connectivity index (χ3n) is 4.35. The first-order valence-corrected chi connectivity index (χ1v) is 7.59. The van der Waals surface area contributed by atoms with Crippen LogP contribution < -0.4 is 5.32 Å². The molecule has 0 aromatic heterocycles. The first-order chi connectivity index (χ1) is 10.1. The van der Waals surface area contributed by atoms with Gasteiger partial charge >= 0.3 is 0 Å². The van der Waals surface area contributed by atoms with E-state index in [1.54, 1.807) is 12.1 Å². The van der Waals surface area contributed by atoms with Crippen LogP contribution in [0.4, 0.5) is 11.4 Å². The number of nitro groups is 1. The maximum atomic E-state index is 11.2. The first kappa shape index (κ1) is 15.3. The maximum absolute atomic E-state index is 11.2. The van der Waals surface area contributed by atoms with Crippen molar-refractivity contribution in [2.75, 3.05) is 5.32 Å². The van der Waals surface area contributed by atoms with Gasteiger partial charge in [0.25, 0.3) is 5.69 Å². The zero-order chi connectivity index (χ0) is 15.2. The average Bonchev–Trinajstić information content (AvgIpc) is 2.72. The minimum Gasteiger partial charge on any atom is -0.377 e. The van der Waals surface area contributed by atoms with Crippen LogP contribution >= 0.6 is 0 Å². The van der Waals surface area contributed by atoms with Crippen molar-refractivity contribution in [3.05, 3.63) is 33.9 Å². The van der Waals surface area contributed by atoms with Crippen molar-refractivity contribution in [1.29, 1.82) is 5.26 Å². The van der Waals surface area contributed by atoms with Crippen molar-refractivity contribution in [3.63, 3.8) is 0 Å². The van der Waals surface area contributed by atoms with Gasteiger partial charge in [-0.05, 0) is 37.3 Å². The molecule has 1 aromatic rings. The highest BCUT2D eigenvalue weighted by molar-refractivity contribution is 5.64. The molecule has 0 spiro atoms. The summed E-state index contributed by atoms with van der Waals surface area (Å²) in [5.74, 6) is 0.785. The van der Waals surface area contributed by atoms with E-state index in [9.17, 15) is 10.1 Å². The van der Waals surface area contributed by atoms with Crippen molar-refractivity contribution in [2.45, 2.75) is 51.5 Å². The van der Waals surface area contributed by atoms with Gasteiger partial charge in [-0.3, -0.25) is 10.1 Å². The summed E-state index contributed by atoms with van der Waals surface area (Å²) in [6, 6.07) is 6.85. The summed E-state index contributed by atoms with van der Waals surface area (Å²) in [6.45, 7) is 2.23. The number of nitriles is 1. The Morgan fingerprint density at radius 3 is 2.86 bits per heavy atom. The van der Waals surface area contributed by atoms with Gasteiger partial charge in [0.1, 0.15) is 5.69 Å². The highest BCUT2D eigenvalue weighted by atomic mass is 16.6. The first-order valence-electron chi connectivity index (χ1n) is 7.59. The SMILES string of the molecule is CCC1CCCC(Nc2ccc(C#N)cc2[N+](=O)[O-])CC1. The van der Waals surface area contributed by atoms with Crippen molar-refractivity contribution >= 4 is 11.4 Å². The molecule has 0 heterocycles. The minimum absolute atomic E-state index is 0.00895. The molecule has 1 fully saturated rings. The molecule has 5 nitrogen and oxygen atoms in total. The van der Waals surface area contributed by atoms with Gasteiger partial charge in [0.15, 0.2) is 0 Å². The molecule has 2 unspecified atom stereocenters. The quantitative estimate of drug-likeness (QED) is 0.510. The molecule has 1 aliphatic carbocycles. The van der Waals surface area contributed by atoms with E-state index in [0.717, 1.165) is 18.8 Å². The highest BCUT2D eigenvalue weighted by Crippen LogP contribution is 2.31. The largest absolute Gasteiger partial charge is 0.377 e. The van der Waals surface area contributed by atoms with Crippen LogP contribution in [0.25, 0.3) is 0 Å². The van der Waals surface area contributed by atoms with Crippen LogP contribution in [0.2, 0.25) is 0 Å². The van der Waals surface area contributed by atoms with Crippen molar-refractivity contribution in [1.82, 2.24) is 0 Å². The fourth-order valence-corrected chi connectivity index (χ4v) is 3.03. The Labute approximate surface area is 125 Å². The molecule has 1 saturated carbocycles. The maximum Gasteiger partial charge on any atom is 0.293 e. The van der Waals surface area contributed by atoms with Crippen LogP contribution in [-0.2, 0) is 0 Å². The lowest BCUT2D eigenvalue weighted by Gasteiger charge is -2.18. The van der Waals surface area contributed by atoms with Crippen LogP contribution in [0.1, 0.15) is 51.0 Å². The van der Waals surface area contributed by atoms with Gasteiger partial charge in [-0.15, -0.1) is 0 Å². The Bertz CT molecular complexity index is 551. The van der Waals surface area contributed by atoms with E-state index < -0.39 is 4.92 Å². The number of rotatable bonds is 4. The van der Waals surface area contributed by atoms with Crippen molar-refractivity contribution in [2.24, 2.45) is 5.92 Å². The predicted octanol–water partition coefficient (Wildman–Crippen LogP) is 4.24. The van der Waals surface area contributed by atoms with E-state index in [-0.39, 0.29) is 11.7 Å². The third-order valence-corrected chi connectivity index (χ3v) is 4.35. The van der Waals surface area contributed by atoms with E-state index in [4.69, 9.17) is 5.26 Å². The number of nitro benzene ring substituents is 1. The fraction of sp³-hybridized carbons (Fsp3) is 0.562. The molecule has 1 N–H and O–H groups in total. The molecule has 1 aliphatic rings. The zero-order valence-electron chi connectivity index (χ0n) is 12.3. The minimum atomic E-state index is -0.422. The van der Waals surface area contributed by atoms with Crippen LogP contribution in [0.3, 0.4) is 0 Å². The molecule has 2 atom stereocenters. The van der Waals surface area contributed by atoms with Gasteiger partial charge in [-0.25, -0.2) is 0 Å². The molecular weight excluding hydrogens is 266 g/mol. The summed E-state index contributed by atoms with van der Waals surface area (Å²) in [5, 5.41) is 23.3. The number of nitrogens with zero attached hydrogens (tertiary/aromatic N) is 2. The summed E-state index contributed by atoms with van der Waals surface area (Å²) in [4.78, 5) is 10.7. The molecule has 0 radical (unpaired) electrons. The summed E-state index contributed by atoms with van der Waals surface area (Å²) in [5.41, 5.74) is 0.837. The standard InChI is InChI=1S/C16H21N3O2/c1-2-12-4-3-5-14(8-6-12)18-15-9-7-13(11-17)10-16(15)19(20)21/h7,9-10,12,14,18H,2-6,8H2,1H3. The zero-order valence-corrected chi connectivity index (χ0v) is 12.3. The Balaban J connectivity index is 2.12. The summed E-state index contributed by atoms with van der Waals surface area (Å²) < 4.78 is 0. The van der Waals surface area contributed by atoms with Gasteiger partial charge in [0.2, 0.25) is 0 Å². The Kier molecular flexibility index (Phi) is 5.15. The molecule has 0 bridgehead atoms. The van der Waals surface area contributed by atoms with Crippen molar-refractivity contribution in [3.8, 4) is 6.07 Å². The molecule has 112 valence electrons. The van der Waals surface area contributed by atoms with Crippen LogP contribution in [0.15, 0.2) is 18.2 Å². The van der Waals surface area contributed by atoms with E-state index in [1.165, 1.54) is 31.7 Å². The molecular formula is C16H21N3O2.